The molecule has 1 aliphatic carbocycles. The first kappa shape index (κ1) is 12.4. The summed E-state index contributed by atoms with van der Waals surface area (Å²) in [6, 6.07) is 2.00. The summed E-state index contributed by atoms with van der Waals surface area (Å²) in [6.07, 6.45) is 9.77. The van der Waals surface area contributed by atoms with Crippen LogP contribution in [-0.2, 0) is 0 Å². The van der Waals surface area contributed by atoms with Crippen molar-refractivity contribution in [2.24, 2.45) is 5.41 Å². The van der Waals surface area contributed by atoms with E-state index in [1.807, 2.05) is 18.5 Å². The third-order valence-electron chi connectivity index (χ3n) is 3.92. The van der Waals surface area contributed by atoms with Crippen LogP contribution in [-0.4, -0.2) is 23.2 Å². The van der Waals surface area contributed by atoms with E-state index in [9.17, 15) is 5.11 Å². The maximum absolute atomic E-state index is 9.64. The van der Waals surface area contributed by atoms with E-state index in [1.54, 1.807) is 0 Å². The molecule has 0 aromatic carbocycles. The fraction of sp³-hybridized carbons (Fsp3) is 0.643. The van der Waals surface area contributed by atoms with Gasteiger partial charge in [0, 0.05) is 30.0 Å². The van der Waals surface area contributed by atoms with Crippen molar-refractivity contribution in [2.45, 2.75) is 39.0 Å². The second-order valence-corrected chi connectivity index (χ2v) is 5.26. The smallest absolute Gasteiger partial charge is 0.0504 e. The van der Waals surface area contributed by atoms with Crippen molar-refractivity contribution in [3.05, 3.63) is 24.0 Å². The molecule has 0 atom stereocenters. The van der Waals surface area contributed by atoms with Crippen LogP contribution in [0.3, 0.4) is 0 Å². The Balaban J connectivity index is 1.98. The van der Waals surface area contributed by atoms with E-state index in [1.165, 1.54) is 19.3 Å². The molecule has 0 aliphatic heterocycles. The van der Waals surface area contributed by atoms with E-state index in [2.05, 4.69) is 17.2 Å². The molecule has 0 radical (unpaired) electrons. The van der Waals surface area contributed by atoms with Gasteiger partial charge >= 0.3 is 0 Å². The van der Waals surface area contributed by atoms with Crippen LogP contribution in [0.4, 0.5) is 5.69 Å². The predicted molar refractivity (Wildman–Crippen MR) is 70.1 cm³/mol. The van der Waals surface area contributed by atoms with Crippen molar-refractivity contribution in [2.75, 3.05) is 18.5 Å². The minimum Gasteiger partial charge on any atom is -0.396 e. The topological polar surface area (TPSA) is 45.2 Å². The third-order valence-corrected chi connectivity index (χ3v) is 3.92. The van der Waals surface area contributed by atoms with Gasteiger partial charge in [-0.2, -0.15) is 0 Å². The Morgan fingerprint density at radius 3 is 2.76 bits per heavy atom. The van der Waals surface area contributed by atoms with Crippen LogP contribution in [0.1, 0.15) is 37.7 Å². The van der Waals surface area contributed by atoms with E-state index in [-0.39, 0.29) is 5.41 Å². The Morgan fingerprint density at radius 1 is 1.35 bits per heavy atom. The SMILES string of the molecule is Cc1cnccc1NCC1(CO)CCCCC1. The van der Waals surface area contributed by atoms with Crippen molar-refractivity contribution < 1.29 is 5.11 Å². The summed E-state index contributed by atoms with van der Waals surface area (Å²) in [5, 5.41) is 13.1. The molecule has 0 spiro atoms. The zero-order valence-corrected chi connectivity index (χ0v) is 10.6. The molecule has 0 amide bonds. The van der Waals surface area contributed by atoms with Crippen LogP contribution in [0.15, 0.2) is 18.5 Å². The number of anilines is 1. The van der Waals surface area contributed by atoms with Crippen molar-refractivity contribution in [1.29, 1.82) is 0 Å². The van der Waals surface area contributed by atoms with E-state index in [0.29, 0.717) is 6.61 Å². The van der Waals surface area contributed by atoms with Crippen LogP contribution in [0.25, 0.3) is 0 Å². The number of hydrogen-bond acceptors (Lipinski definition) is 3. The van der Waals surface area contributed by atoms with Crippen LogP contribution >= 0.6 is 0 Å². The Labute approximate surface area is 103 Å². The van der Waals surface area contributed by atoms with Crippen LogP contribution in [0.2, 0.25) is 0 Å². The van der Waals surface area contributed by atoms with Gasteiger partial charge in [0.05, 0.1) is 6.61 Å². The number of aliphatic hydroxyl groups excluding tert-OH is 1. The average molecular weight is 234 g/mol. The van der Waals surface area contributed by atoms with Crippen LogP contribution < -0.4 is 5.32 Å². The summed E-state index contributed by atoms with van der Waals surface area (Å²) in [6.45, 7) is 3.22. The molecule has 0 bridgehead atoms. The largest absolute Gasteiger partial charge is 0.396 e. The molecule has 0 saturated heterocycles. The standard InChI is InChI=1S/C14H22N2O/c1-12-9-15-8-5-13(12)16-10-14(11-17)6-3-2-4-7-14/h5,8-9,17H,2-4,6-7,10-11H2,1H3,(H,15,16). The number of rotatable bonds is 4. The quantitative estimate of drug-likeness (QED) is 0.842. The lowest BCUT2D eigenvalue weighted by atomic mass is 9.74. The van der Waals surface area contributed by atoms with E-state index in [4.69, 9.17) is 0 Å². The number of pyridine rings is 1. The highest BCUT2D eigenvalue weighted by Gasteiger charge is 2.31. The maximum atomic E-state index is 9.64. The molecule has 0 unspecified atom stereocenters. The van der Waals surface area contributed by atoms with Crippen LogP contribution in [0, 0.1) is 12.3 Å². The van der Waals surface area contributed by atoms with Gasteiger partial charge in [-0.25, -0.2) is 0 Å². The first-order valence-electron chi connectivity index (χ1n) is 6.51. The summed E-state index contributed by atoms with van der Waals surface area (Å²) in [5.74, 6) is 0. The summed E-state index contributed by atoms with van der Waals surface area (Å²) >= 11 is 0. The molecule has 1 aromatic rings. The molecule has 17 heavy (non-hydrogen) atoms. The number of aryl methyl sites for hydroxylation is 1. The molecule has 1 aromatic heterocycles. The first-order chi connectivity index (χ1) is 8.26. The highest BCUT2D eigenvalue weighted by molar-refractivity contribution is 5.48. The predicted octanol–water partition coefficient (Wildman–Crippen LogP) is 2.74. The zero-order valence-electron chi connectivity index (χ0n) is 10.6. The fourth-order valence-electron chi connectivity index (χ4n) is 2.65. The van der Waals surface area contributed by atoms with Crippen molar-refractivity contribution in [3.8, 4) is 0 Å². The van der Waals surface area contributed by atoms with Gasteiger partial charge in [0.25, 0.3) is 0 Å². The highest BCUT2D eigenvalue weighted by atomic mass is 16.3. The molecule has 2 rings (SSSR count). The van der Waals surface area contributed by atoms with Gasteiger partial charge in [0.2, 0.25) is 0 Å². The third kappa shape index (κ3) is 2.97. The minimum absolute atomic E-state index is 0.0912. The molecule has 3 heteroatoms. The zero-order chi connectivity index (χ0) is 12.1. The monoisotopic (exact) mass is 234 g/mol. The second kappa shape index (κ2) is 5.50. The molecule has 94 valence electrons. The normalized spacial score (nSPS) is 18.9. The average Bonchev–Trinajstić information content (AvgIpc) is 2.39. The maximum Gasteiger partial charge on any atom is 0.0504 e. The van der Waals surface area contributed by atoms with Gasteiger partial charge in [-0.15, -0.1) is 0 Å². The van der Waals surface area contributed by atoms with Gasteiger partial charge in [-0.3, -0.25) is 4.98 Å². The van der Waals surface area contributed by atoms with E-state index < -0.39 is 0 Å². The molecule has 1 saturated carbocycles. The number of nitrogens with zero attached hydrogens (tertiary/aromatic N) is 1. The second-order valence-electron chi connectivity index (χ2n) is 5.26. The minimum atomic E-state index is 0.0912. The Morgan fingerprint density at radius 2 is 2.12 bits per heavy atom. The Bertz CT molecular complexity index is 359. The van der Waals surface area contributed by atoms with Crippen molar-refractivity contribution in [3.63, 3.8) is 0 Å². The Hall–Kier alpha value is -1.09. The molecular formula is C14H22N2O. The highest BCUT2D eigenvalue weighted by Crippen LogP contribution is 2.36. The molecule has 1 heterocycles. The van der Waals surface area contributed by atoms with Gasteiger partial charge in [0.1, 0.15) is 0 Å². The first-order valence-corrected chi connectivity index (χ1v) is 6.51. The number of aliphatic hydroxyl groups is 1. The van der Waals surface area contributed by atoms with Crippen molar-refractivity contribution in [1.82, 2.24) is 4.98 Å². The molecule has 1 aliphatic rings. The van der Waals surface area contributed by atoms with Gasteiger partial charge in [0.15, 0.2) is 0 Å². The molecule has 2 N–H and O–H groups in total. The Kier molecular flexibility index (Phi) is 4.00. The van der Waals surface area contributed by atoms with Crippen LogP contribution in [0.5, 0.6) is 0 Å². The molecule has 1 fully saturated rings. The lowest BCUT2D eigenvalue weighted by Gasteiger charge is -2.36. The summed E-state index contributed by atoms with van der Waals surface area (Å²) in [4.78, 5) is 4.09. The van der Waals surface area contributed by atoms with Gasteiger partial charge < -0.3 is 10.4 Å². The molecule has 3 nitrogen and oxygen atoms in total. The van der Waals surface area contributed by atoms with E-state index >= 15 is 0 Å². The van der Waals surface area contributed by atoms with Crippen molar-refractivity contribution >= 4 is 5.69 Å². The lowest BCUT2D eigenvalue weighted by Crippen LogP contribution is -2.35. The number of hydrogen-bond donors (Lipinski definition) is 2. The lowest BCUT2D eigenvalue weighted by molar-refractivity contribution is 0.0944. The number of nitrogens with one attached hydrogen (secondary N) is 1. The summed E-state index contributed by atoms with van der Waals surface area (Å²) in [5.41, 5.74) is 2.39. The number of aromatic nitrogens is 1. The molecular weight excluding hydrogens is 212 g/mol. The summed E-state index contributed by atoms with van der Waals surface area (Å²) < 4.78 is 0. The summed E-state index contributed by atoms with van der Waals surface area (Å²) in [7, 11) is 0. The van der Waals surface area contributed by atoms with Gasteiger partial charge in [-0.1, -0.05) is 19.3 Å². The fourth-order valence-corrected chi connectivity index (χ4v) is 2.65. The van der Waals surface area contributed by atoms with Gasteiger partial charge in [-0.05, 0) is 31.4 Å². The van der Waals surface area contributed by atoms with E-state index in [0.717, 1.165) is 30.6 Å².